The van der Waals surface area contributed by atoms with E-state index in [1.807, 2.05) is 0 Å². The van der Waals surface area contributed by atoms with Crippen molar-refractivity contribution < 1.29 is 22.4 Å². The van der Waals surface area contributed by atoms with Gasteiger partial charge in [0.15, 0.2) is 0 Å². The summed E-state index contributed by atoms with van der Waals surface area (Å²) < 4.78 is 54.6. The first-order chi connectivity index (χ1) is 11.7. The number of hydrogen-bond acceptors (Lipinski definition) is 2. The van der Waals surface area contributed by atoms with Crippen LogP contribution >= 0.6 is 23.2 Å². The molecule has 0 bridgehead atoms. The number of benzene rings is 1. The van der Waals surface area contributed by atoms with Gasteiger partial charge in [0.1, 0.15) is 17.2 Å². The standard InChI is InChI=1S/C15H7Cl2F4N3O/c16-8-4-10(18)7(3-11(8)23-6-25)13-9(17)5-12(15(19,20)21)24-2-1-22-14(13)24/h1-6H,(H,23,25). The summed E-state index contributed by atoms with van der Waals surface area (Å²) in [6.45, 7) is 0. The SMILES string of the molecule is O=CNc1cc(-c2c(Cl)cc(C(F)(F)F)n3ccnc23)c(F)cc1Cl. The van der Waals surface area contributed by atoms with Crippen molar-refractivity contribution in [2.75, 3.05) is 5.32 Å². The second-order valence-electron chi connectivity index (χ2n) is 4.95. The van der Waals surface area contributed by atoms with Gasteiger partial charge in [-0.3, -0.25) is 9.20 Å². The number of aromatic nitrogens is 2. The van der Waals surface area contributed by atoms with Crippen LogP contribution in [0.4, 0.5) is 23.2 Å². The van der Waals surface area contributed by atoms with E-state index in [4.69, 9.17) is 23.2 Å². The lowest BCUT2D eigenvalue weighted by atomic mass is 10.0. The fourth-order valence-corrected chi connectivity index (χ4v) is 2.93. The third-order valence-corrected chi connectivity index (χ3v) is 4.07. The Kier molecular flexibility index (Phi) is 4.34. The summed E-state index contributed by atoms with van der Waals surface area (Å²) >= 11 is 11.8. The second-order valence-corrected chi connectivity index (χ2v) is 5.76. The van der Waals surface area contributed by atoms with Crippen LogP contribution in [0.25, 0.3) is 16.8 Å². The molecule has 0 aliphatic rings. The van der Waals surface area contributed by atoms with E-state index in [1.54, 1.807) is 0 Å². The molecule has 0 saturated carbocycles. The van der Waals surface area contributed by atoms with Gasteiger partial charge < -0.3 is 5.32 Å². The van der Waals surface area contributed by atoms with Gasteiger partial charge in [0.05, 0.1) is 15.7 Å². The lowest BCUT2D eigenvalue weighted by Gasteiger charge is -2.15. The van der Waals surface area contributed by atoms with Crippen molar-refractivity contribution in [1.29, 1.82) is 0 Å². The van der Waals surface area contributed by atoms with Gasteiger partial charge >= 0.3 is 6.18 Å². The molecule has 0 aliphatic carbocycles. The summed E-state index contributed by atoms with van der Waals surface area (Å²) in [5.74, 6) is -0.826. The monoisotopic (exact) mass is 391 g/mol. The fourth-order valence-electron chi connectivity index (χ4n) is 2.43. The Balaban J connectivity index is 2.34. The Labute approximate surface area is 148 Å². The molecule has 0 unspecified atom stereocenters. The highest BCUT2D eigenvalue weighted by atomic mass is 35.5. The second kappa shape index (κ2) is 6.20. The van der Waals surface area contributed by atoms with Crippen LogP contribution in [0, 0.1) is 5.82 Å². The number of carbonyl (C=O) groups is 1. The van der Waals surface area contributed by atoms with Crippen LogP contribution in [0.15, 0.2) is 30.6 Å². The van der Waals surface area contributed by atoms with Crippen LogP contribution in [-0.2, 0) is 11.0 Å². The summed E-state index contributed by atoms with van der Waals surface area (Å²) in [5, 5.41) is 1.86. The molecule has 1 N–H and O–H groups in total. The fraction of sp³-hybridized carbons (Fsp3) is 0.0667. The van der Waals surface area contributed by atoms with Crippen molar-refractivity contribution >= 4 is 40.9 Å². The van der Waals surface area contributed by atoms with Gasteiger partial charge in [0.2, 0.25) is 6.41 Å². The van der Waals surface area contributed by atoms with Gasteiger partial charge in [-0.05, 0) is 18.2 Å². The molecule has 25 heavy (non-hydrogen) atoms. The van der Waals surface area contributed by atoms with Crippen LogP contribution in [-0.4, -0.2) is 15.8 Å². The quantitative estimate of drug-likeness (QED) is 0.502. The Morgan fingerprint density at radius 1 is 1.16 bits per heavy atom. The molecule has 0 aliphatic heterocycles. The number of imidazole rings is 1. The minimum Gasteiger partial charge on any atom is -0.327 e. The summed E-state index contributed by atoms with van der Waals surface area (Å²) in [6.07, 6.45) is -2.11. The molecule has 0 atom stereocenters. The highest BCUT2D eigenvalue weighted by Gasteiger charge is 2.35. The smallest absolute Gasteiger partial charge is 0.327 e. The number of pyridine rings is 1. The average molecular weight is 392 g/mol. The Morgan fingerprint density at radius 3 is 2.52 bits per heavy atom. The number of rotatable bonds is 3. The van der Waals surface area contributed by atoms with Crippen molar-refractivity contribution in [2.24, 2.45) is 0 Å². The van der Waals surface area contributed by atoms with Crippen molar-refractivity contribution in [3.8, 4) is 11.1 Å². The zero-order valence-corrected chi connectivity index (χ0v) is 13.5. The van der Waals surface area contributed by atoms with Gasteiger partial charge in [0.25, 0.3) is 0 Å². The number of nitrogens with one attached hydrogen (secondary N) is 1. The van der Waals surface area contributed by atoms with Crippen molar-refractivity contribution in [2.45, 2.75) is 6.18 Å². The molecule has 0 saturated heterocycles. The number of amides is 1. The normalized spacial score (nSPS) is 11.8. The van der Waals surface area contributed by atoms with Gasteiger partial charge in [0, 0.05) is 23.5 Å². The summed E-state index contributed by atoms with van der Waals surface area (Å²) in [5.41, 5.74) is -1.35. The number of anilines is 1. The maximum absolute atomic E-state index is 14.4. The zero-order valence-electron chi connectivity index (χ0n) is 12.0. The molecule has 3 aromatic rings. The van der Waals surface area contributed by atoms with E-state index in [0.717, 1.165) is 22.9 Å². The van der Waals surface area contributed by atoms with Gasteiger partial charge in [-0.15, -0.1) is 0 Å². The number of fused-ring (bicyclic) bond motifs is 1. The first-order valence-corrected chi connectivity index (χ1v) is 7.42. The highest BCUT2D eigenvalue weighted by Crippen LogP contribution is 2.40. The molecule has 10 heteroatoms. The lowest BCUT2D eigenvalue weighted by molar-refractivity contribution is -0.142. The maximum atomic E-state index is 14.4. The van der Waals surface area contributed by atoms with Gasteiger partial charge in [-0.1, -0.05) is 23.2 Å². The van der Waals surface area contributed by atoms with E-state index in [0.29, 0.717) is 12.5 Å². The van der Waals surface area contributed by atoms with Crippen LogP contribution < -0.4 is 5.32 Å². The van der Waals surface area contributed by atoms with E-state index < -0.39 is 17.7 Å². The number of halogens is 6. The van der Waals surface area contributed by atoms with E-state index >= 15 is 0 Å². The molecule has 2 aromatic heterocycles. The number of alkyl halides is 3. The lowest BCUT2D eigenvalue weighted by Crippen LogP contribution is -2.12. The zero-order chi connectivity index (χ0) is 18.4. The van der Waals surface area contributed by atoms with Crippen LogP contribution in [0.3, 0.4) is 0 Å². The molecule has 0 radical (unpaired) electrons. The molecule has 1 aromatic carbocycles. The van der Waals surface area contributed by atoms with Crippen molar-refractivity contribution in [1.82, 2.24) is 9.38 Å². The van der Waals surface area contributed by atoms with Gasteiger partial charge in [-0.2, -0.15) is 13.2 Å². The summed E-state index contributed by atoms with van der Waals surface area (Å²) in [7, 11) is 0. The van der Waals surface area contributed by atoms with Gasteiger partial charge in [-0.25, -0.2) is 9.37 Å². The molecule has 0 spiro atoms. The molecule has 3 rings (SSSR count). The molecular formula is C15H7Cl2F4N3O. The van der Waals surface area contributed by atoms with Crippen LogP contribution in [0.5, 0.6) is 0 Å². The molecule has 130 valence electrons. The minimum atomic E-state index is -4.68. The van der Waals surface area contributed by atoms with Crippen LogP contribution in [0.2, 0.25) is 10.0 Å². The third-order valence-electron chi connectivity index (χ3n) is 3.46. The topological polar surface area (TPSA) is 46.4 Å². The number of carbonyl (C=O) groups excluding carboxylic acids is 1. The molecular weight excluding hydrogens is 385 g/mol. The Morgan fingerprint density at radius 2 is 1.88 bits per heavy atom. The Hall–Kier alpha value is -2.32. The number of hydrogen-bond donors (Lipinski definition) is 1. The predicted octanol–water partition coefficient (Wildman–Crippen LogP) is 5.03. The highest BCUT2D eigenvalue weighted by molar-refractivity contribution is 6.35. The summed E-state index contributed by atoms with van der Waals surface area (Å²) in [6, 6.07) is 2.79. The molecule has 0 fully saturated rings. The molecule has 2 heterocycles. The minimum absolute atomic E-state index is 0.0530. The predicted molar refractivity (Wildman–Crippen MR) is 85.3 cm³/mol. The first-order valence-electron chi connectivity index (χ1n) is 6.66. The third kappa shape index (κ3) is 3.03. The molecule has 4 nitrogen and oxygen atoms in total. The summed E-state index contributed by atoms with van der Waals surface area (Å²) in [4.78, 5) is 14.5. The number of nitrogens with zero attached hydrogens (tertiary/aromatic N) is 2. The maximum Gasteiger partial charge on any atom is 0.431 e. The molecule has 1 amide bonds. The van der Waals surface area contributed by atoms with Crippen LogP contribution in [0.1, 0.15) is 5.69 Å². The average Bonchev–Trinajstić information content (AvgIpc) is 2.98. The van der Waals surface area contributed by atoms with E-state index in [2.05, 4.69) is 10.3 Å². The van der Waals surface area contributed by atoms with E-state index in [1.165, 1.54) is 6.07 Å². The van der Waals surface area contributed by atoms with E-state index in [-0.39, 0.29) is 32.5 Å². The largest absolute Gasteiger partial charge is 0.431 e. The van der Waals surface area contributed by atoms with Crippen molar-refractivity contribution in [3.05, 3.63) is 52.1 Å². The van der Waals surface area contributed by atoms with E-state index in [9.17, 15) is 22.4 Å². The Bertz CT molecular complexity index is 985. The van der Waals surface area contributed by atoms with Crippen molar-refractivity contribution in [3.63, 3.8) is 0 Å². The first kappa shape index (κ1) is 17.5.